The molecule has 1 aromatic rings. The smallest absolute Gasteiger partial charge is 0.407 e. The maximum atomic E-state index is 13.5. The number of nitrogens with zero attached hydrogens (tertiary/aromatic N) is 1. The molecule has 6 heteroatoms. The molecule has 1 aromatic carbocycles. The van der Waals surface area contributed by atoms with E-state index in [1.54, 1.807) is 20.8 Å². The van der Waals surface area contributed by atoms with Crippen LogP contribution in [0.5, 0.6) is 0 Å². The quantitative estimate of drug-likeness (QED) is 0.831. The van der Waals surface area contributed by atoms with E-state index < -0.39 is 17.5 Å². The molecule has 0 unspecified atom stereocenters. The molecule has 0 fully saturated rings. The summed E-state index contributed by atoms with van der Waals surface area (Å²) in [6, 6.07) is 6.02. The van der Waals surface area contributed by atoms with E-state index in [-0.39, 0.29) is 11.3 Å². The highest BCUT2D eigenvalue weighted by Gasteiger charge is 2.15. The molecule has 5 nitrogen and oxygen atoms in total. The average Bonchev–Trinajstić information content (AvgIpc) is 2.33. The van der Waals surface area contributed by atoms with Gasteiger partial charge < -0.3 is 15.4 Å². The van der Waals surface area contributed by atoms with Crippen molar-refractivity contribution >= 4 is 11.8 Å². The van der Waals surface area contributed by atoms with Crippen molar-refractivity contribution in [2.75, 3.05) is 18.4 Å². The van der Waals surface area contributed by atoms with Gasteiger partial charge in [-0.2, -0.15) is 5.26 Å². The van der Waals surface area contributed by atoms with E-state index in [1.807, 2.05) is 6.07 Å². The number of anilines is 1. The molecule has 0 aliphatic heterocycles. The lowest BCUT2D eigenvalue weighted by Gasteiger charge is -2.19. The molecular formula is C14H18FN3O2. The first kappa shape index (κ1) is 15.8. The van der Waals surface area contributed by atoms with Crippen molar-refractivity contribution < 1.29 is 13.9 Å². The molecule has 0 atom stereocenters. The fourth-order valence-corrected chi connectivity index (χ4v) is 1.40. The first-order chi connectivity index (χ1) is 9.31. The number of ether oxygens (including phenoxy) is 1. The van der Waals surface area contributed by atoms with Crippen molar-refractivity contribution in [3.63, 3.8) is 0 Å². The van der Waals surface area contributed by atoms with E-state index in [0.29, 0.717) is 13.1 Å². The fourth-order valence-electron chi connectivity index (χ4n) is 1.40. The van der Waals surface area contributed by atoms with Gasteiger partial charge in [0.25, 0.3) is 0 Å². The number of nitrogens with one attached hydrogen (secondary N) is 2. The predicted molar refractivity (Wildman–Crippen MR) is 73.8 cm³/mol. The highest BCUT2D eigenvalue weighted by molar-refractivity contribution is 5.67. The second-order valence-corrected chi connectivity index (χ2v) is 5.16. The van der Waals surface area contributed by atoms with Crippen molar-refractivity contribution in [1.29, 1.82) is 5.26 Å². The Labute approximate surface area is 117 Å². The zero-order chi connectivity index (χ0) is 15.2. The molecule has 0 aromatic heterocycles. The number of benzene rings is 1. The van der Waals surface area contributed by atoms with Gasteiger partial charge in [0.05, 0.1) is 17.3 Å². The third kappa shape index (κ3) is 5.57. The molecule has 0 aliphatic rings. The lowest BCUT2D eigenvalue weighted by atomic mass is 10.2. The summed E-state index contributed by atoms with van der Waals surface area (Å²) in [6.45, 7) is 5.97. The van der Waals surface area contributed by atoms with Crippen LogP contribution in [0, 0.1) is 17.1 Å². The molecule has 1 amide bonds. The Hall–Kier alpha value is -2.29. The van der Waals surface area contributed by atoms with Gasteiger partial charge in [-0.15, -0.1) is 0 Å². The van der Waals surface area contributed by atoms with Crippen LogP contribution in [0.25, 0.3) is 0 Å². The normalized spacial score (nSPS) is 10.6. The Kier molecular flexibility index (Phi) is 5.32. The average molecular weight is 279 g/mol. The molecule has 0 saturated heterocycles. The summed E-state index contributed by atoms with van der Waals surface area (Å²) in [6.07, 6.45) is -0.514. The third-order valence-corrected chi connectivity index (χ3v) is 2.21. The molecule has 0 heterocycles. The van der Waals surface area contributed by atoms with Crippen LogP contribution in [0.15, 0.2) is 18.2 Å². The van der Waals surface area contributed by atoms with Gasteiger partial charge in [0.2, 0.25) is 0 Å². The summed E-state index contributed by atoms with van der Waals surface area (Å²) in [5, 5.41) is 14.0. The number of carbonyl (C=O) groups excluding carboxylic acids is 1. The van der Waals surface area contributed by atoms with E-state index >= 15 is 0 Å². The number of alkyl carbamates (subject to hydrolysis) is 1. The minimum absolute atomic E-state index is 0.264. The van der Waals surface area contributed by atoms with Crippen molar-refractivity contribution in [2.24, 2.45) is 0 Å². The van der Waals surface area contributed by atoms with Crippen molar-refractivity contribution in [1.82, 2.24) is 5.32 Å². The SMILES string of the molecule is CC(C)(C)OC(=O)NCCNc1ccc(C#N)cc1F. The van der Waals surface area contributed by atoms with E-state index in [0.717, 1.165) is 6.07 Å². The van der Waals surface area contributed by atoms with Crippen molar-refractivity contribution in [2.45, 2.75) is 26.4 Å². The first-order valence-corrected chi connectivity index (χ1v) is 6.22. The van der Waals surface area contributed by atoms with Gasteiger partial charge in [0, 0.05) is 13.1 Å². The molecule has 0 aliphatic carbocycles. The molecule has 1 rings (SSSR count). The second kappa shape index (κ2) is 6.75. The highest BCUT2D eigenvalue weighted by Crippen LogP contribution is 2.14. The van der Waals surface area contributed by atoms with Gasteiger partial charge in [-0.1, -0.05) is 0 Å². The van der Waals surface area contributed by atoms with Gasteiger partial charge in [0.15, 0.2) is 0 Å². The van der Waals surface area contributed by atoms with E-state index in [1.165, 1.54) is 12.1 Å². The summed E-state index contributed by atoms with van der Waals surface area (Å²) < 4.78 is 18.6. The Morgan fingerprint density at radius 3 is 2.65 bits per heavy atom. The largest absolute Gasteiger partial charge is 0.444 e. The van der Waals surface area contributed by atoms with Crippen LogP contribution in [-0.2, 0) is 4.74 Å². The van der Waals surface area contributed by atoms with Gasteiger partial charge in [-0.25, -0.2) is 9.18 Å². The Bertz CT molecular complexity index is 518. The van der Waals surface area contributed by atoms with Crippen LogP contribution in [0.1, 0.15) is 26.3 Å². The lowest BCUT2D eigenvalue weighted by Crippen LogP contribution is -2.35. The van der Waals surface area contributed by atoms with Crippen LogP contribution in [0.2, 0.25) is 0 Å². The number of hydrogen-bond donors (Lipinski definition) is 2. The summed E-state index contributed by atoms with van der Waals surface area (Å²) in [7, 11) is 0. The van der Waals surface area contributed by atoms with Gasteiger partial charge >= 0.3 is 6.09 Å². The summed E-state index contributed by atoms with van der Waals surface area (Å²) in [4.78, 5) is 11.3. The minimum atomic E-state index is -0.545. The molecule has 20 heavy (non-hydrogen) atoms. The Morgan fingerprint density at radius 1 is 1.40 bits per heavy atom. The number of rotatable bonds is 4. The topological polar surface area (TPSA) is 74.2 Å². The first-order valence-electron chi connectivity index (χ1n) is 6.22. The monoisotopic (exact) mass is 279 g/mol. The number of carbonyl (C=O) groups is 1. The highest BCUT2D eigenvalue weighted by atomic mass is 19.1. The molecule has 2 N–H and O–H groups in total. The lowest BCUT2D eigenvalue weighted by molar-refractivity contribution is 0.0530. The number of hydrogen-bond acceptors (Lipinski definition) is 4. The summed E-state index contributed by atoms with van der Waals surface area (Å²) in [5.41, 5.74) is 0.00596. The van der Waals surface area contributed by atoms with Crippen LogP contribution in [0.3, 0.4) is 0 Å². The van der Waals surface area contributed by atoms with Crippen LogP contribution >= 0.6 is 0 Å². The molecule has 0 bridgehead atoms. The molecule has 108 valence electrons. The van der Waals surface area contributed by atoms with E-state index in [2.05, 4.69) is 10.6 Å². The number of halogens is 1. The maximum absolute atomic E-state index is 13.5. The second-order valence-electron chi connectivity index (χ2n) is 5.16. The maximum Gasteiger partial charge on any atom is 0.407 e. The van der Waals surface area contributed by atoms with E-state index in [4.69, 9.17) is 10.00 Å². The summed E-state index contributed by atoms with van der Waals surface area (Å²) >= 11 is 0. The zero-order valence-corrected chi connectivity index (χ0v) is 11.8. The molecule has 0 saturated carbocycles. The minimum Gasteiger partial charge on any atom is -0.444 e. The van der Waals surface area contributed by atoms with Crippen LogP contribution in [-0.4, -0.2) is 24.8 Å². The molecular weight excluding hydrogens is 261 g/mol. The van der Waals surface area contributed by atoms with Gasteiger partial charge in [-0.05, 0) is 39.0 Å². The Morgan fingerprint density at radius 2 is 2.10 bits per heavy atom. The number of amides is 1. The molecule has 0 spiro atoms. The predicted octanol–water partition coefficient (Wildman–Crippen LogP) is 2.63. The van der Waals surface area contributed by atoms with Crippen molar-refractivity contribution in [3.05, 3.63) is 29.6 Å². The van der Waals surface area contributed by atoms with Crippen molar-refractivity contribution in [3.8, 4) is 6.07 Å². The van der Waals surface area contributed by atoms with E-state index in [9.17, 15) is 9.18 Å². The van der Waals surface area contributed by atoms with Gasteiger partial charge in [-0.3, -0.25) is 0 Å². The van der Waals surface area contributed by atoms with Gasteiger partial charge in [0.1, 0.15) is 11.4 Å². The van der Waals surface area contributed by atoms with Crippen LogP contribution < -0.4 is 10.6 Å². The number of nitriles is 1. The standard InChI is InChI=1S/C14H18FN3O2/c1-14(2,3)20-13(19)18-7-6-17-12-5-4-10(9-16)8-11(12)15/h4-5,8,17H,6-7H2,1-3H3,(H,18,19). The third-order valence-electron chi connectivity index (χ3n) is 2.21. The Balaban J connectivity index is 2.35. The van der Waals surface area contributed by atoms with Crippen LogP contribution in [0.4, 0.5) is 14.9 Å². The fraction of sp³-hybridized carbons (Fsp3) is 0.429. The zero-order valence-electron chi connectivity index (χ0n) is 11.8. The summed E-state index contributed by atoms with van der Waals surface area (Å²) in [5.74, 6) is -0.499. The molecule has 0 radical (unpaired) electrons.